The van der Waals surface area contributed by atoms with Crippen LogP contribution in [-0.2, 0) is 54.3 Å². The second-order valence-electron chi connectivity index (χ2n) is 21.8. The molecule has 4 aliphatic rings. The third kappa shape index (κ3) is 16.8. The van der Waals surface area contributed by atoms with E-state index in [1.165, 1.54) is 12.8 Å². The predicted molar refractivity (Wildman–Crippen MR) is 300 cm³/mol. The van der Waals surface area contributed by atoms with Crippen molar-refractivity contribution in [1.82, 2.24) is 51.0 Å². The number of hydrogen-bond donors (Lipinski definition) is 6. The highest BCUT2D eigenvalue weighted by atomic mass is 16.5. The Hall–Kier alpha value is -6.92. The number of ether oxygens (including phenoxy) is 3. The smallest absolute Gasteiger partial charge is 0.315 e. The molecule has 6 amide bonds. The molecule has 2 atom stereocenters. The fraction of sp³-hybridized carbons (Fsp3) is 0.600. The molecule has 4 aromatic rings. The lowest BCUT2D eigenvalue weighted by molar-refractivity contribution is -0.167. The molecule has 2 saturated heterocycles. The summed E-state index contributed by atoms with van der Waals surface area (Å²) in [4.78, 5) is 97.5. The second-order valence-corrected chi connectivity index (χ2v) is 21.8. The number of aromatic nitrogens is 4. The van der Waals surface area contributed by atoms with Crippen molar-refractivity contribution in [3.63, 3.8) is 0 Å². The van der Waals surface area contributed by atoms with E-state index in [-0.39, 0.29) is 29.8 Å². The summed E-state index contributed by atoms with van der Waals surface area (Å²) in [6.45, 7) is 7.41. The number of methoxy groups -OCH3 is 1. The summed E-state index contributed by atoms with van der Waals surface area (Å²) >= 11 is 0. The largest absolute Gasteiger partial charge is 0.497 e. The molecular formula is C60H86N10O9. The molecular weight excluding hydrogens is 1000 g/mol. The molecule has 1 unspecified atom stereocenters. The highest BCUT2D eigenvalue weighted by Crippen LogP contribution is 2.48. The van der Waals surface area contributed by atoms with Gasteiger partial charge in [0.15, 0.2) is 0 Å². The molecule has 79 heavy (non-hydrogen) atoms. The quantitative estimate of drug-likeness (QED) is 0.0418. The van der Waals surface area contributed by atoms with Gasteiger partial charge in [0.2, 0.25) is 11.8 Å². The third-order valence-corrected chi connectivity index (χ3v) is 16.8. The Bertz CT molecular complexity index is 2480. The lowest BCUT2D eigenvalue weighted by Gasteiger charge is -2.46. The Morgan fingerprint density at radius 1 is 0.608 bits per heavy atom. The number of urea groups is 2. The Labute approximate surface area is 466 Å². The lowest BCUT2D eigenvalue weighted by Crippen LogP contribution is -2.56. The maximum Gasteiger partial charge on any atom is 0.315 e. The van der Waals surface area contributed by atoms with E-state index < -0.39 is 28.9 Å². The zero-order valence-electron chi connectivity index (χ0n) is 46.9. The molecule has 6 N–H and O–H groups in total. The summed E-state index contributed by atoms with van der Waals surface area (Å²) in [5.74, 6) is 0.892. The minimum atomic E-state index is -0.745. The molecule has 0 spiro atoms. The topological polar surface area (TPSA) is 242 Å². The molecule has 8 rings (SSSR count). The van der Waals surface area contributed by atoms with Crippen LogP contribution in [0.5, 0.6) is 5.75 Å². The number of benzene rings is 2. The number of likely N-dealkylation sites (tertiary alicyclic amines) is 2. The second kappa shape index (κ2) is 30.4. The molecule has 2 aromatic heterocycles. The molecule has 2 aliphatic heterocycles. The first-order chi connectivity index (χ1) is 38.5. The molecule has 19 nitrogen and oxygen atoms in total. The fourth-order valence-electron chi connectivity index (χ4n) is 12.3. The number of rotatable bonds is 22. The van der Waals surface area contributed by atoms with Gasteiger partial charge in [0.1, 0.15) is 17.8 Å². The summed E-state index contributed by atoms with van der Waals surface area (Å²) < 4.78 is 16.5. The monoisotopic (exact) mass is 1090 g/mol. The maximum atomic E-state index is 13.8. The van der Waals surface area contributed by atoms with Gasteiger partial charge in [0.05, 0.1) is 43.8 Å². The molecule has 4 fully saturated rings. The van der Waals surface area contributed by atoms with Crippen molar-refractivity contribution in [2.75, 3.05) is 59.6 Å². The van der Waals surface area contributed by atoms with E-state index in [1.54, 1.807) is 37.1 Å². The first-order valence-electron chi connectivity index (χ1n) is 29.1. The minimum absolute atomic E-state index is 0.0843. The van der Waals surface area contributed by atoms with Gasteiger partial charge in [-0.15, -0.1) is 0 Å². The average Bonchev–Trinajstić information content (AvgIpc) is 4.35. The third-order valence-electron chi connectivity index (χ3n) is 16.8. The van der Waals surface area contributed by atoms with Gasteiger partial charge in [-0.3, -0.25) is 19.2 Å². The van der Waals surface area contributed by atoms with Gasteiger partial charge in [-0.1, -0.05) is 87.9 Å². The number of piperidine rings is 2. The van der Waals surface area contributed by atoms with E-state index in [1.807, 2.05) is 73.3 Å². The number of hydrogen-bond acceptors (Lipinski definition) is 11. The SMILES string of the molecule is CCCOC(=O)C1(C2CCCCC2)CCN(C(=O)C(Cc2ccccc2)NC(=O)NCCc2cnc[nH]2)CC1.CCOC(=O)C1(C2CCCCC2)CCN(C(=O)[C@@H](Cc2ccc(OC)cc2)NC(=O)NCCc2cnc[nH]2)CC1. The molecule has 0 radical (unpaired) electrons. The summed E-state index contributed by atoms with van der Waals surface area (Å²) in [6, 6.07) is 15.0. The van der Waals surface area contributed by atoms with Gasteiger partial charge < -0.3 is 55.2 Å². The van der Waals surface area contributed by atoms with Crippen LogP contribution < -0.4 is 26.0 Å². The molecule has 2 aromatic carbocycles. The molecule has 2 saturated carbocycles. The van der Waals surface area contributed by atoms with Crippen LogP contribution in [0.4, 0.5) is 9.59 Å². The van der Waals surface area contributed by atoms with Crippen molar-refractivity contribution in [2.24, 2.45) is 22.7 Å². The Morgan fingerprint density at radius 3 is 1.46 bits per heavy atom. The van der Waals surface area contributed by atoms with Crippen LogP contribution in [0.15, 0.2) is 79.6 Å². The average molecular weight is 1090 g/mol. The van der Waals surface area contributed by atoms with E-state index in [9.17, 15) is 28.8 Å². The van der Waals surface area contributed by atoms with Crippen molar-refractivity contribution in [1.29, 1.82) is 0 Å². The van der Waals surface area contributed by atoms with Crippen LogP contribution in [0.1, 0.15) is 133 Å². The Morgan fingerprint density at radius 2 is 1.05 bits per heavy atom. The summed E-state index contributed by atoms with van der Waals surface area (Å²) in [6.07, 6.45) is 23.0. The number of esters is 2. The van der Waals surface area contributed by atoms with Crippen molar-refractivity contribution < 1.29 is 43.0 Å². The lowest BCUT2D eigenvalue weighted by atomic mass is 9.63. The van der Waals surface area contributed by atoms with E-state index >= 15 is 0 Å². The van der Waals surface area contributed by atoms with Crippen molar-refractivity contribution >= 4 is 35.8 Å². The van der Waals surface area contributed by atoms with Crippen molar-refractivity contribution in [3.8, 4) is 5.75 Å². The zero-order valence-corrected chi connectivity index (χ0v) is 46.9. The Kier molecular flexibility index (Phi) is 23.0. The van der Waals surface area contributed by atoms with Gasteiger partial charge in [0.25, 0.3) is 0 Å². The van der Waals surface area contributed by atoms with Gasteiger partial charge in [-0.2, -0.15) is 0 Å². The highest BCUT2D eigenvalue weighted by molar-refractivity contribution is 5.89. The highest BCUT2D eigenvalue weighted by Gasteiger charge is 2.51. The number of H-pyrrole nitrogens is 2. The summed E-state index contributed by atoms with van der Waals surface area (Å²) in [5.41, 5.74) is 2.69. The van der Waals surface area contributed by atoms with E-state index in [4.69, 9.17) is 14.2 Å². The maximum absolute atomic E-state index is 13.8. The van der Waals surface area contributed by atoms with Gasteiger partial charge in [-0.25, -0.2) is 19.6 Å². The molecule has 4 heterocycles. The molecule has 0 bridgehead atoms. The molecule has 19 heteroatoms. The standard InChI is InChI=1S/C30H43N5O5.C30H43N5O4/c1-3-40-28(37)30(23-7-5-4-6-8-23)14-17-35(18-15-30)27(36)26(19-22-9-11-25(39-2)12-10-22)34-29(38)32-16-13-24-20-31-21-33-24;1-2-19-39-28(37)30(24-11-7-4-8-12-24)14-17-35(18-15-30)27(36)26(20-23-9-5-3-6-10-23)34-29(38)32-16-13-25-21-31-22-33-25/h9-12,20-21,23,26H,3-8,13-19H2,1-2H3,(H,31,33)(H2,32,34,38);3,5-6,9-10,21-22,24,26H,2,4,7-8,11-20H2,1H3,(H,31,33)(H2,32,34,38)/t26-;/m1./s1. The number of nitrogens with zero attached hydrogens (tertiary/aromatic N) is 4. The van der Waals surface area contributed by atoms with Crippen LogP contribution in [0, 0.1) is 22.7 Å². The van der Waals surface area contributed by atoms with Crippen LogP contribution in [-0.4, -0.2) is 137 Å². The molecule has 430 valence electrons. The number of amides is 6. The van der Waals surface area contributed by atoms with Crippen LogP contribution in [0.2, 0.25) is 0 Å². The molecule has 2 aliphatic carbocycles. The van der Waals surface area contributed by atoms with E-state index in [0.717, 1.165) is 86.1 Å². The minimum Gasteiger partial charge on any atom is -0.497 e. The van der Waals surface area contributed by atoms with E-state index in [2.05, 4.69) is 41.2 Å². The number of carbonyl (C=O) groups excluding carboxylic acids is 6. The predicted octanol–water partition coefficient (Wildman–Crippen LogP) is 7.63. The van der Waals surface area contributed by atoms with Crippen LogP contribution in [0.3, 0.4) is 0 Å². The number of nitrogens with one attached hydrogen (secondary N) is 6. The summed E-state index contributed by atoms with van der Waals surface area (Å²) in [5, 5.41) is 11.5. The van der Waals surface area contributed by atoms with Crippen LogP contribution >= 0.6 is 0 Å². The van der Waals surface area contributed by atoms with Gasteiger partial charge >= 0.3 is 24.0 Å². The zero-order chi connectivity index (χ0) is 55.9. The first kappa shape index (κ1) is 59.7. The van der Waals surface area contributed by atoms with Crippen molar-refractivity contribution in [3.05, 3.63) is 102 Å². The number of imidazole rings is 2. The summed E-state index contributed by atoms with van der Waals surface area (Å²) in [7, 11) is 1.61. The van der Waals surface area contributed by atoms with Gasteiger partial charge in [-0.05, 0) is 99.8 Å². The Balaban J connectivity index is 0.000000229. The normalized spacial score (nSPS) is 18.1. The van der Waals surface area contributed by atoms with Crippen molar-refractivity contribution in [2.45, 2.75) is 148 Å². The fourth-order valence-corrected chi connectivity index (χ4v) is 12.3. The van der Waals surface area contributed by atoms with Crippen LogP contribution in [0.25, 0.3) is 0 Å². The number of carbonyl (C=O) groups is 6. The number of aromatic amines is 2. The van der Waals surface area contributed by atoms with Gasteiger partial charge in [0, 0.05) is 88.7 Å². The van der Waals surface area contributed by atoms with E-state index in [0.29, 0.717) is 116 Å². The first-order valence-corrected chi connectivity index (χ1v) is 29.1.